The summed E-state index contributed by atoms with van der Waals surface area (Å²) in [5.41, 5.74) is 9.78. The highest BCUT2D eigenvalue weighted by molar-refractivity contribution is 6.13. The molecule has 0 saturated heterocycles. The summed E-state index contributed by atoms with van der Waals surface area (Å²) in [6, 6.07) is 41.5. The van der Waals surface area contributed by atoms with Crippen LogP contribution in [0.4, 0.5) is 0 Å². The van der Waals surface area contributed by atoms with E-state index in [1.54, 1.807) is 0 Å². The molecule has 0 atom stereocenters. The van der Waals surface area contributed by atoms with Crippen LogP contribution in [-0.4, -0.2) is 6.79 Å². The normalized spacial score (nSPS) is 12.7. The van der Waals surface area contributed by atoms with E-state index in [1.807, 2.05) is 48.5 Å². The van der Waals surface area contributed by atoms with Crippen molar-refractivity contribution in [3.05, 3.63) is 121 Å². The first-order chi connectivity index (χ1) is 20.3. The summed E-state index contributed by atoms with van der Waals surface area (Å²) < 4.78 is 24.7. The number of hydrogen-bond acceptors (Lipinski definition) is 4. The standard InChI is InChI=1S/C37H22O4/c1-3-12-32-26(7-1)28-11-5-10-25(37(28)41-32)23-15-17-27-30-19-22(16-18-31(30)38-21-39-35(27)20-23)24-9-6-14-34-36(24)29-8-2-4-13-33(29)40-34/h1-20H,21H2. The van der Waals surface area contributed by atoms with Crippen LogP contribution in [0.15, 0.2) is 130 Å². The van der Waals surface area contributed by atoms with Crippen molar-refractivity contribution in [1.82, 2.24) is 0 Å². The summed E-state index contributed by atoms with van der Waals surface area (Å²) in [5.74, 6) is 1.57. The van der Waals surface area contributed by atoms with Crippen LogP contribution in [-0.2, 0) is 0 Å². The summed E-state index contributed by atoms with van der Waals surface area (Å²) >= 11 is 0. The minimum absolute atomic E-state index is 0.138. The zero-order valence-corrected chi connectivity index (χ0v) is 21.9. The molecular weight excluding hydrogens is 508 g/mol. The van der Waals surface area contributed by atoms with Crippen molar-refractivity contribution in [2.75, 3.05) is 6.79 Å². The fourth-order valence-corrected chi connectivity index (χ4v) is 6.21. The number of para-hydroxylation sites is 3. The Labute approximate surface area is 235 Å². The molecule has 8 aromatic rings. The summed E-state index contributed by atoms with van der Waals surface area (Å²) in [5, 5.41) is 4.44. The van der Waals surface area contributed by atoms with Crippen LogP contribution in [0.2, 0.25) is 0 Å². The Morgan fingerprint density at radius 2 is 1.10 bits per heavy atom. The highest BCUT2D eigenvalue weighted by Gasteiger charge is 2.21. The summed E-state index contributed by atoms with van der Waals surface area (Å²) in [6.07, 6.45) is 0. The first-order valence-electron chi connectivity index (χ1n) is 13.7. The van der Waals surface area contributed by atoms with Gasteiger partial charge in [-0.1, -0.05) is 78.9 Å². The van der Waals surface area contributed by atoms with Gasteiger partial charge in [-0.2, -0.15) is 0 Å². The molecule has 0 bridgehead atoms. The van der Waals surface area contributed by atoms with E-state index < -0.39 is 0 Å². The van der Waals surface area contributed by atoms with E-state index in [2.05, 4.69) is 72.8 Å². The largest absolute Gasteiger partial charge is 0.457 e. The Hall–Kier alpha value is -5.48. The molecule has 4 heteroatoms. The van der Waals surface area contributed by atoms with Crippen LogP contribution < -0.4 is 9.47 Å². The third-order valence-corrected chi connectivity index (χ3v) is 8.11. The van der Waals surface area contributed by atoms with E-state index in [9.17, 15) is 0 Å². The quantitative estimate of drug-likeness (QED) is 0.223. The third-order valence-electron chi connectivity index (χ3n) is 8.11. The highest BCUT2D eigenvalue weighted by Crippen LogP contribution is 2.45. The number of hydrogen-bond donors (Lipinski definition) is 0. The Balaban J connectivity index is 1.20. The molecule has 3 heterocycles. The lowest BCUT2D eigenvalue weighted by Crippen LogP contribution is -2.03. The van der Waals surface area contributed by atoms with Gasteiger partial charge < -0.3 is 18.3 Å². The topological polar surface area (TPSA) is 44.7 Å². The van der Waals surface area contributed by atoms with Crippen LogP contribution in [0.1, 0.15) is 0 Å². The van der Waals surface area contributed by atoms with E-state index in [0.29, 0.717) is 0 Å². The van der Waals surface area contributed by atoms with Gasteiger partial charge in [-0.15, -0.1) is 0 Å². The molecule has 9 rings (SSSR count). The van der Waals surface area contributed by atoms with Crippen LogP contribution in [0, 0.1) is 0 Å². The van der Waals surface area contributed by atoms with Crippen molar-refractivity contribution in [1.29, 1.82) is 0 Å². The van der Waals surface area contributed by atoms with Crippen LogP contribution in [0.3, 0.4) is 0 Å². The van der Waals surface area contributed by atoms with Crippen molar-refractivity contribution >= 4 is 43.9 Å². The zero-order chi connectivity index (χ0) is 26.9. The van der Waals surface area contributed by atoms with Gasteiger partial charge in [0.15, 0.2) is 0 Å². The van der Waals surface area contributed by atoms with E-state index in [1.165, 1.54) is 0 Å². The van der Waals surface area contributed by atoms with Gasteiger partial charge in [0.2, 0.25) is 6.79 Å². The molecule has 0 radical (unpaired) electrons. The lowest BCUT2D eigenvalue weighted by molar-refractivity contribution is 0.125. The number of ether oxygens (including phenoxy) is 2. The molecule has 194 valence electrons. The molecule has 0 N–H and O–H groups in total. The molecule has 0 saturated carbocycles. The minimum Gasteiger partial charge on any atom is -0.457 e. The smallest absolute Gasteiger partial charge is 0.230 e. The lowest BCUT2D eigenvalue weighted by atomic mass is 9.93. The van der Waals surface area contributed by atoms with Gasteiger partial charge in [0.25, 0.3) is 0 Å². The van der Waals surface area contributed by atoms with Gasteiger partial charge in [0, 0.05) is 38.2 Å². The first kappa shape index (κ1) is 22.3. The van der Waals surface area contributed by atoms with Gasteiger partial charge >= 0.3 is 0 Å². The monoisotopic (exact) mass is 530 g/mol. The van der Waals surface area contributed by atoms with Crippen LogP contribution in [0.5, 0.6) is 11.5 Å². The molecule has 4 nitrogen and oxygen atoms in total. The van der Waals surface area contributed by atoms with Crippen molar-refractivity contribution in [3.8, 4) is 44.9 Å². The first-order valence-corrected chi connectivity index (χ1v) is 13.7. The molecule has 1 aliphatic heterocycles. The number of rotatable bonds is 2. The molecule has 41 heavy (non-hydrogen) atoms. The predicted molar refractivity (Wildman–Crippen MR) is 163 cm³/mol. The molecule has 0 spiro atoms. The molecule has 0 amide bonds. The van der Waals surface area contributed by atoms with Crippen LogP contribution in [0.25, 0.3) is 77.3 Å². The van der Waals surface area contributed by atoms with Crippen molar-refractivity contribution in [2.45, 2.75) is 0 Å². The summed E-state index contributed by atoms with van der Waals surface area (Å²) in [7, 11) is 0. The van der Waals surface area contributed by atoms with E-state index >= 15 is 0 Å². The Morgan fingerprint density at radius 1 is 0.415 bits per heavy atom. The Kier molecular flexibility index (Phi) is 4.64. The second-order valence-corrected chi connectivity index (χ2v) is 10.4. The van der Waals surface area contributed by atoms with Gasteiger partial charge in [-0.25, -0.2) is 0 Å². The fourth-order valence-electron chi connectivity index (χ4n) is 6.21. The molecule has 0 fully saturated rings. The molecule has 1 aliphatic rings. The highest BCUT2D eigenvalue weighted by atomic mass is 16.7. The van der Waals surface area contributed by atoms with Crippen molar-refractivity contribution < 1.29 is 18.3 Å². The van der Waals surface area contributed by atoms with E-state index in [-0.39, 0.29) is 6.79 Å². The fraction of sp³-hybridized carbons (Fsp3) is 0.0270. The second-order valence-electron chi connectivity index (χ2n) is 10.4. The molecule has 0 aliphatic carbocycles. The average Bonchev–Trinajstić information content (AvgIpc) is 3.54. The summed E-state index contributed by atoms with van der Waals surface area (Å²) in [6.45, 7) is 0.138. The van der Waals surface area contributed by atoms with Gasteiger partial charge in [0.05, 0.1) is 0 Å². The Bertz CT molecular complexity index is 2300. The van der Waals surface area contributed by atoms with E-state index in [4.69, 9.17) is 18.3 Å². The summed E-state index contributed by atoms with van der Waals surface area (Å²) in [4.78, 5) is 0. The number of furan rings is 2. The van der Waals surface area contributed by atoms with Crippen molar-refractivity contribution in [3.63, 3.8) is 0 Å². The third kappa shape index (κ3) is 3.34. The Morgan fingerprint density at radius 3 is 2.02 bits per heavy atom. The maximum atomic E-state index is 6.31. The average molecular weight is 531 g/mol. The SMILES string of the molecule is c1ccc2c(c1)oc1c(-c3ccc4c(c3)OCOc3ccc(-c5cccc6oc7ccccc7c56)cc3-4)cccc12. The van der Waals surface area contributed by atoms with Crippen molar-refractivity contribution in [2.24, 2.45) is 0 Å². The molecule has 2 aromatic heterocycles. The maximum Gasteiger partial charge on any atom is 0.230 e. The maximum absolute atomic E-state index is 6.31. The van der Waals surface area contributed by atoms with Gasteiger partial charge in [-0.3, -0.25) is 0 Å². The predicted octanol–water partition coefficient (Wildman–Crippen LogP) is 10.2. The minimum atomic E-state index is 0.138. The van der Waals surface area contributed by atoms with E-state index in [0.717, 1.165) is 88.8 Å². The number of fused-ring (bicyclic) bond motifs is 9. The second kappa shape index (κ2) is 8.51. The molecule has 0 unspecified atom stereocenters. The van der Waals surface area contributed by atoms with Crippen LogP contribution >= 0.6 is 0 Å². The van der Waals surface area contributed by atoms with Gasteiger partial charge in [-0.05, 0) is 59.2 Å². The lowest BCUT2D eigenvalue weighted by Gasteiger charge is -2.12. The molecule has 6 aromatic carbocycles. The van der Waals surface area contributed by atoms with Gasteiger partial charge in [0.1, 0.15) is 33.8 Å². The number of benzene rings is 6. The zero-order valence-electron chi connectivity index (χ0n) is 21.9. The molecular formula is C37H22O4.